The topological polar surface area (TPSA) is 80.3 Å². The first kappa shape index (κ1) is 12.5. The SMILES string of the molecule is C#CCNS(=O)(=O)C1CCS(=O)(=O)CC1. The fraction of sp³-hybridized carbons (Fsp3) is 0.750. The van der Waals surface area contributed by atoms with Gasteiger partial charge >= 0.3 is 0 Å². The normalized spacial score (nSPS) is 22.1. The van der Waals surface area contributed by atoms with Crippen LogP contribution in [0.3, 0.4) is 0 Å². The van der Waals surface area contributed by atoms with E-state index in [1.807, 2.05) is 0 Å². The monoisotopic (exact) mass is 251 g/mol. The van der Waals surface area contributed by atoms with Crippen molar-refractivity contribution in [3.8, 4) is 12.3 Å². The van der Waals surface area contributed by atoms with Gasteiger partial charge in [0.15, 0.2) is 0 Å². The number of nitrogens with one attached hydrogen (secondary N) is 1. The van der Waals surface area contributed by atoms with E-state index in [1.165, 1.54) is 0 Å². The molecule has 0 radical (unpaired) electrons. The Kier molecular flexibility index (Phi) is 3.76. The van der Waals surface area contributed by atoms with Crippen LogP contribution < -0.4 is 4.72 Å². The molecule has 15 heavy (non-hydrogen) atoms. The maximum Gasteiger partial charge on any atom is 0.215 e. The van der Waals surface area contributed by atoms with E-state index >= 15 is 0 Å². The van der Waals surface area contributed by atoms with Gasteiger partial charge in [-0.2, -0.15) is 0 Å². The summed E-state index contributed by atoms with van der Waals surface area (Å²) in [5.74, 6) is 2.05. The van der Waals surface area contributed by atoms with Crippen LogP contribution in [-0.4, -0.2) is 40.1 Å². The summed E-state index contributed by atoms with van der Waals surface area (Å²) in [5.41, 5.74) is 0. The molecule has 1 saturated heterocycles. The van der Waals surface area contributed by atoms with Crippen LogP contribution in [0.15, 0.2) is 0 Å². The number of sulfone groups is 1. The zero-order chi connectivity index (χ0) is 11.5. The highest BCUT2D eigenvalue weighted by molar-refractivity contribution is 7.92. The third kappa shape index (κ3) is 3.48. The van der Waals surface area contributed by atoms with Gasteiger partial charge in [0.25, 0.3) is 0 Å². The molecule has 1 heterocycles. The molecule has 1 fully saturated rings. The molecule has 0 amide bonds. The average molecular weight is 251 g/mol. The van der Waals surface area contributed by atoms with E-state index in [9.17, 15) is 16.8 Å². The smallest absolute Gasteiger partial charge is 0.215 e. The quantitative estimate of drug-likeness (QED) is 0.660. The Morgan fingerprint density at radius 2 is 1.87 bits per heavy atom. The third-order valence-corrected chi connectivity index (χ3v) is 5.93. The minimum atomic E-state index is -3.45. The van der Waals surface area contributed by atoms with Gasteiger partial charge in [0, 0.05) is 0 Å². The van der Waals surface area contributed by atoms with Crippen molar-refractivity contribution in [1.82, 2.24) is 4.72 Å². The minimum absolute atomic E-state index is 0.0500. The summed E-state index contributed by atoms with van der Waals surface area (Å²) in [4.78, 5) is 0. The zero-order valence-electron chi connectivity index (χ0n) is 8.14. The molecule has 5 nitrogen and oxygen atoms in total. The van der Waals surface area contributed by atoms with Crippen molar-refractivity contribution in [3.63, 3.8) is 0 Å². The number of terminal acetylenes is 1. The average Bonchev–Trinajstić information content (AvgIpc) is 2.14. The third-order valence-electron chi connectivity index (χ3n) is 2.32. The highest BCUT2D eigenvalue weighted by Gasteiger charge is 2.32. The fourth-order valence-corrected chi connectivity index (χ4v) is 4.61. The summed E-state index contributed by atoms with van der Waals surface area (Å²) in [7, 11) is -6.48. The lowest BCUT2D eigenvalue weighted by atomic mass is 10.2. The van der Waals surface area contributed by atoms with Crippen molar-refractivity contribution >= 4 is 19.9 Å². The molecule has 0 aromatic carbocycles. The van der Waals surface area contributed by atoms with Gasteiger partial charge in [-0.15, -0.1) is 6.42 Å². The lowest BCUT2D eigenvalue weighted by molar-refractivity contribution is 0.545. The molecule has 0 spiro atoms. The molecule has 0 aromatic heterocycles. The van der Waals surface area contributed by atoms with Gasteiger partial charge in [0.1, 0.15) is 9.84 Å². The van der Waals surface area contributed by atoms with Gasteiger partial charge in [-0.25, -0.2) is 21.6 Å². The maximum atomic E-state index is 11.6. The van der Waals surface area contributed by atoms with Crippen molar-refractivity contribution in [2.24, 2.45) is 0 Å². The first-order chi connectivity index (χ1) is 6.87. The second kappa shape index (κ2) is 4.51. The Bertz CT molecular complexity index is 443. The summed E-state index contributed by atoms with van der Waals surface area (Å²) in [6, 6.07) is 0. The lowest BCUT2D eigenvalue weighted by Crippen LogP contribution is -2.39. The minimum Gasteiger partial charge on any atom is -0.229 e. The van der Waals surface area contributed by atoms with Crippen LogP contribution in [-0.2, 0) is 19.9 Å². The van der Waals surface area contributed by atoms with Crippen LogP contribution >= 0.6 is 0 Å². The number of hydrogen-bond donors (Lipinski definition) is 1. The number of sulfonamides is 1. The largest absolute Gasteiger partial charge is 0.229 e. The van der Waals surface area contributed by atoms with Crippen LogP contribution in [0.2, 0.25) is 0 Å². The molecule has 1 rings (SSSR count). The molecule has 7 heteroatoms. The van der Waals surface area contributed by atoms with Gasteiger partial charge in [-0.05, 0) is 12.8 Å². The molecule has 0 saturated carbocycles. The molecule has 86 valence electrons. The summed E-state index contributed by atoms with van der Waals surface area (Å²) < 4.78 is 47.5. The first-order valence-electron chi connectivity index (χ1n) is 4.50. The van der Waals surface area contributed by atoms with Gasteiger partial charge in [-0.3, -0.25) is 0 Å². The zero-order valence-corrected chi connectivity index (χ0v) is 9.77. The van der Waals surface area contributed by atoms with Gasteiger partial charge in [0.05, 0.1) is 23.3 Å². The molecule has 0 unspecified atom stereocenters. The second-order valence-electron chi connectivity index (χ2n) is 3.42. The van der Waals surface area contributed by atoms with Crippen LogP contribution in [0.5, 0.6) is 0 Å². The summed E-state index contributed by atoms with van der Waals surface area (Å²) in [5, 5.41) is -0.630. The molecular formula is C8H13NO4S2. The summed E-state index contributed by atoms with van der Waals surface area (Å²) in [6.45, 7) is -0.0500. The fourth-order valence-electron chi connectivity index (χ4n) is 1.44. The van der Waals surface area contributed by atoms with E-state index in [1.54, 1.807) is 0 Å². The van der Waals surface area contributed by atoms with Crippen LogP contribution in [0.4, 0.5) is 0 Å². The van der Waals surface area contributed by atoms with Crippen LogP contribution in [0.1, 0.15) is 12.8 Å². The number of rotatable bonds is 3. The Labute approximate surface area is 90.2 Å². The molecule has 0 aliphatic carbocycles. The Hall–Kier alpha value is -0.580. The van der Waals surface area contributed by atoms with E-state index in [0.717, 1.165) is 0 Å². The number of hydrogen-bond acceptors (Lipinski definition) is 4. The summed E-state index contributed by atoms with van der Waals surface area (Å²) in [6.07, 6.45) is 5.25. The molecule has 0 aromatic rings. The van der Waals surface area contributed by atoms with Crippen LogP contribution in [0.25, 0.3) is 0 Å². The molecule has 0 bridgehead atoms. The van der Waals surface area contributed by atoms with E-state index in [2.05, 4.69) is 10.6 Å². The highest BCUT2D eigenvalue weighted by Crippen LogP contribution is 2.18. The van der Waals surface area contributed by atoms with Crippen molar-refractivity contribution in [2.45, 2.75) is 18.1 Å². The molecule has 0 atom stereocenters. The lowest BCUT2D eigenvalue weighted by Gasteiger charge is -2.21. The molecule has 1 aliphatic rings. The highest BCUT2D eigenvalue weighted by atomic mass is 32.2. The van der Waals surface area contributed by atoms with E-state index in [-0.39, 0.29) is 30.9 Å². The maximum absolute atomic E-state index is 11.6. The standard InChI is InChI=1S/C8H13NO4S2/c1-2-5-9-15(12,13)8-3-6-14(10,11)7-4-8/h1,8-9H,3-7H2. The second-order valence-corrected chi connectivity index (χ2v) is 7.77. The Morgan fingerprint density at radius 1 is 1.33 bits per heavy atom. The first-order valence-corrected chi connectivity index (χ1v) is 7.86. The molecular weight excluding hydrogens is 238 g/mol. The molecule has 1 N–H and O–H groups in total. The Morgan fingerprint density at radius 3 is 2.33 bits per heavy atom. The summed E-state index contributed by atoms with van der Waals surface area (Å²) >= 11 is 0. The van der Waals surface area contributed by atoms with Crippen molar-refractivity contribution < 1.29 is 16.8 Å². The van der Waals surface area contributed by atoms with Crippen LogP contribution in [0, 0.1) is 12.3 Å². The Balaban J connectivity index is 2.65. The van der Waals surface area contributed by atoms with Gasteiger partial charge in [0.2, 0.25) is 10.0 Å². The van der Waals surface area contributed by atoms with E-state index < -0.39 is 25.1 Å². The predicted octanol–water partition coefficient (Wildman–Crippen LogP) is -0.884. The van der Waals surface area contributed by atoms with E-state index in [4.69, 9.17) is 6.42 Å². The van der Waals surface area contributed by atoms with Gasteiger partial charge < -0.3 is 0 Å². The van der Waals surface area contributed by atoms with Crippen molar-refractivity contribution in [2.75, 3.05) is 18.1 Å². The van der Waals surface area contributed by atoms with Crippen molar-refractivity contribution in [3.05, 3.63) is 0 Å². The molecule has 1 aliphatic heterocycles. The van der Waals surface area contributed by atoms with Gasteiger partial charge in [-0.1, -0.05) is 5.92 Å². The van der Waals surface area contributed by atoms with Crippen molar-refractivity contribution in [1.29, 1.82) is 0 Å². The predicted molar refractivity (Wildman–Crippen MR) is 57.4 cm³/mol. The van der Waals surface area contributed by atoms with E-state index in [0.29, 0.717) is 0 Å².